The third kappa shape index (κ3) is 4.15. The van der Waals surface area contributed by atoms with Crippen molar-refractivity contribution in [2.45, 2.75) is 24.3 Å². The molecular formula is C18H17ClN2OS. The predicted molar refractivity (Wildman–Crippen MR) is 97.4 cm³/mol. The van der Waals surface area contributed by atoms with Gasteiger partial charge < -0.3 is 0 Å². The summed E-state index contributed by atoms with van der Waals surface area (Å²) in [6, 6.07) is 15.3. The van der Waals surface area contributed by atoms with Crippen molar-refractivity contribution in [3.8, 4) is 0 Å². The van der Waals surface area contributed by atoms with E-state index in [-0.39, 0.29) is 5.56 Å². The van der Waals surface area contributed by atoms with Gasteiger partial charge in [0.05, 0.1) is 17.2 Å². The van der Waals surface area contributed by atoms with Crippen LogP contribution in [0, 0.1) is 0 Å². The minimum Gasteiger partial charge on any atom is -0.299 e. The minimum absolute atomic E-state index is 0.0426. The molecule has 3 nitrogen and oxygen atoms in total. The van der Waals surface area contributed by atoms with Crippen molar-refractivity contribution < 1.29 is 0 Å². The number of aromatic nitrogens is 2. The van der Waals surface area contributed by atoms with E-state index in [9.17, 15) is 4.79 Å². The molecular weight excluding hydrogens is 328 g/mol. The maximum Gasteiger partial charge on any atom is 0.261 e. The van der Waals surface area contributed by atoms with E-state index in [0.717, 1.165) is 29.1 Å². The van der Waals surface area contributed by atoms with Crippen molar-refractivity contribution in [1.82, 2.24) is 9.55 Å². The molecule has 0 unspecified atom stereocenters. The summed E-state index contributed by atoms with van der Waals surface area (Å²) in [7, 11) is 0. The van der Waals surface area contributed by atoms with Crippen LogP contribution in [0.15, 0.2) is 64.5 Å². The second-order valence-electron chi connectivity index (χ2n) is 5.27. The van der Waals surface area contributed by atoms with E-state index in [1.54, 1.807) is 10.9 Å². The molecule has 0 fully saturated rings. The third-order valence-corrected chi connectivity index (χ3v) is 4.96. The van der Waals surface area contributed by atoms with E-state index in [4.69, 9.17) is 11.6 Å². The number of benzene rings is 2. The molecule has 0 bridgehead atoms. The quantitative estimate of drug-likeness (QED) is 0.483. The highest BCUT2D eigenvalue weighted by Crippen LogP contribution is 2.21. The first kappa shape index (κ1) is 16.1. The standard InChI is InChI=1S/C18H17ClN2OS/c19-14-7-9-15(10-8-14)23-12-4-3-11-21-13-20-17-6-2-1-5-16(17)18(21)22/h1-2,5-10,13H,3-4,11-12H2. The van der Waals surface area contributed by atoms with Crippen LogP contribution in [0.5, 0.6) is 0 Å². The highest BCUT2D eigenvalue weighted by atomic mass is 35.5. The summed E-state index contributed by atoms with van der Waals surface area (Å²) in [5, 5.41) is 1.45. The molecule has 1 heterocycles. The van der Waals surface area contributed by atoms with E-state index in [2.05, 4.69) is 4.98 Å². The Labute approximate surface area is 144 Å². The molecule has 23 heavy (non-hydrogen) atoms. The number of aryl methyl sites for hydroxylation is 1. The molecule has 3 aromatic rings. The van der Waals surface area contributed by atoms with Crippen LogP contribution in [-0.2, 0) is 6.54 Å². The second-order valence-corrected chi connectivity index (χ2v) is 6.87. The fourth-order valence-electron chi connectivity index (χ4n) is 2.37. The first-order chi connectivity index (χ1) is 11.2. The zero-order valence-electron chi connectivity index (χ0n) is 12.6. The van der Waals surface area contributed by atoms with Crippen molar-refractivity contribution in [1.29, 1.82) is 0 Å². The van der Waals surface area contributed by atoms with Crippen molar-refractivity contribution in [3.05, 3.63) is 70.2 Å². The van der Waals surface area contributed by atoms with Crippen LogP contribution in [0.1, 0.15) is 12.8 Å². The predicted octanol–water partition coefficient (Wildman–Crippen LogP) is 4.62. The molecule has 0 saturated heterocycles. The van der Waals surface area contributed by atoms with Gasteiger partial charge in [-0.15, -0.1) is 11.8 Å². The molecule has 0 saturated carbocycles. The largest absolute Gasteiger partial charge is 0.299 e. The monoisotopic (exact) mass is 344 g/mol. The van der Waals surface area contributed by atoms with Crippen LogP contribution < -0.4 is 5.56 Å². The fraction of sp³-hybridized carbons (Fsp3) is 0.222. The first-order valence-electron chi connectivity index (χ1n) is 7.56. The van der Waals surface area contributed by atoms with Crippen molar-refractivity contribution in [2.75, 3.05) is 5.75 Å². The molecule has 2 aromatic carbocycles. The van der Waals surface area contributed by atoms with Gasteiger partial charge in [0, 0.05) is 16.5 Å². The fourth-order valence-corrected chi connectivity index (χ4v) is 3.41. The van der Waals surface area contributed by atoms with Gasteiger partial charge >= 0.3 is 0 Å². The Morgan fingerprint density at radius 1 is 1.04 bits per heavy atom. The lowest BCUT2D eigenvalue weighted by Gasteiger charge is -2.06. The maximum atomic E-state index is 12.4. The normalized spacial score (nSPS) is 11.0. The first-order valence-corrected chi connectivity index (χ1v) is 8.93. The topological polar surface area (TPSA) is 34.9 Å². The maximum absolute atomic E-state index is 12.4. The molecule has 0 spiro atoms. The lowest BCUT2D eigenvalue weighted by Crippen LogP contribution is -2.20. The van der Waals surface area contributed by atoms with Crippen LogP contribution in [0.3, 0.4) is 0 Å². The Balaban J connectivity index is 1.52. The number of thioether (sulfide) groups is 1. The second kappa shape index (κ2) is 7.66. The lowest BCUT2D eigenvalue weighted by atomic mass is 10.2. The number of nitrogens with zero attached hydrogens (tertiary/aromatic N) is 2. The van der Waals surface area contributed by atoms with Crippen LogP contribution in [-0.4, -0.2) is 15.3 Å². The minimum atomic E-state index is 0.0426. The number of rotatable bonds is 6. The number of para-hydroxylation sites is 1. The summed E-state index contributed by atoms with van der Waals surface area (Å²) in [4.78, 5) is 17.9. The average Bonchev–Trinajstić information content (AvgIpc) is 2.58. The smallest absolute Gasteiger partial charge is 0.261 e. The Morgan fingerprint density at radius 3 is 2.65 bits per heavy atom. The molecule has 0 aliphatic carbocycles. The molecule has 0 radical (unpaired) electrons. The highest BCUT2D eigenvalue weighted by molar-refractivity contribution is 7.99. The molecule has 0 atom stereocenters. The van der Waals surface area contributed by atoms with Crippen LogP contribution >= 0.6 is 23.4 Å². The molecule has 0 N–H and O–H groups in total. The van der Waals surface area contributed by atoms with E-state index in [0.29, 0.717) is 11.9 Å². The zero-order chi connectivity index (χ0) is 16.1. The summed E-state index contributed by atoms with van der Waals surface area (Å²) in [6.45, 7) is 0.706. The van der Waals surface area contributed by atoms with Gasteiger partial charge in [0.15, 0.2) is 0 Å². The molecule has 3 rings (SSSR count). The van der Waals surface area contributed by atoms with Crippen molar-refractivity contribution in [2.24, 2.45) is 0 Å². The Bertz CT molecular complexity index is 846. The van der Waals surface area contributed by atoms with Gasteiger partial charge in [-0.25, -0.2) is 4.98 Å². The molecule has 0 aliphatic heterocycles. The molecule has 5 heteroatoms. The van der Waals surface area contributed by atoms with Crippen LogP contribution in [0.4, 0.5) is 0 Å². The highest BCUT2D eigenvalue weighted by Gasteiger charge is 2.03. The lowest BCUT2D eigenvalue weighted by molar-refractivity contribution is 0.611. The number of hydrogen-bond acceptors (Lipinski definition) is 3. The van der Waals surface area contributed by atoms with Gasteiger partial charge in [0.1, 0.15) is 0 Å². The van der Waals surface area contributed by atoms with Gasteiger partial charge in [-0.1, -0.05) is 23.7 Å². The third-order valence-electron chi connectivity index (χ3n) is 3.61. The Hall–Kier alpha value is -1.78. The number of halogens is 1. The van der Waals surface area contributed by atoms with Gasteiger partial charge in [-0.2, -0.15) is 0 Å². The van der Waals surface area contributed by atoms with Crippen molar-refractivity contribution >= 4 is 34.3 Å². The summed E-state index contributed by atoms with van der Waals surface area (Å²) in [5.41, 5.74) is 0.799. The summed E-state index contributed by atoms with van der Waals surface area (Å²) < 4.78 is 1.70. The molecule has 118 valence electrons. The summed E-state index contributed by atoms with van der Waals surface area (Å²) >= 11 is 7.68. The number of hydrogen-bond donors (Lipinski definition) is 0. The van der Waals surface area contributed by atoms with Crippen molar-refractivity contribution in [3.63, 3.8) is 0 Å². The average molecular weight is 345 g/mol. The zero-order valence-corrected chi connectivity index (χ0v) is 14.2. The van der Waals surface area contributed by atoms with Gasteiger partial charge in [0.25, 0.3) is 5.56 Å². The Morgan fingerprint density at radius 2 is 1.83 bits per heavy atom. The number of fused-ring (bicyclic) bond motifs is 1. The van der Waals surface area contributed by atoms with Gasteiger partial charge in [-0.3, -0.25) is 9.36 Å². The Kier molecular flexibility index (Phi) is 5.36. The summed E-state index contributed by atoms with van der Waals surface area (Å²) in [6.07, 6.45) is 3.66. The van der Waals surface area contributed by atoms with E-state index < -0.39 is 0 Å². The molecule has 1 aromatic heterocycles. The van der Waals surface area contributed by atoms with E-state index in [1.807, 2.05) is 60.3 Å². The number of unbranched alkanes of at least 4 members (excludes halogenated alkanes) is 1. The van der Waals surface area contributed by atoms with Crippen LogP contribution in [0.2, 0.25) is 5.02 Å². The molecule has 0 aliphatic rings. The molecule has 0 amide bonds. The SMILES string of the molecule is O=c1c2ccccc2ncn1CCCCSc1ccc(Cl)cc1. The van der Waals surface area contributed by atoms with E-state index in [1.165, 1.54) is 4.90 Å². The van der Waals surface area contributed by atoms with Gasteiger partial charge in [0.2, 0.25) is 0 Å². The van der Waals surface area contributed by atoms with E-state index >= 15 is 0 Å². The van der Waals surface area contributed by atoms with Crippen LogP contribution in [0.25, 0.3) is 10.9 Å². The summed E-state index contributed by atoms with van der Waals surface area (Å²) in [5.74, 6) is 1.03. The van der Waals surface area contributed by atoms with Gasteiger partial charge in [-0.05, 0) is 55.0 Å².